The monoisotopic (exact) mass is 458 g/mol. The zero-order valence-electron chi connectivity index (χ0n) is 15.5. The van der Waals surface area contributed by atoms with E-state index in [2.05, 4.69) is 11.3 Å². The largest absolute Gasteiger partial charge is 0.481 e. The van der Waals surface area contributed by atoms with Crippen LogP contribution >= 0.6 is 10.2 Å². The maximum absolute atomic E-state index is 12.9. The van der Waals surface area contributed by atoms with Gasteiger partial charge in [0.2, 0.25) is 0 Å². The first-order chi connectivity index (χ1) is 13.5. The van der Waals surface area contributed by atoms with E-state index in [1.807, 2.05) is 0 Å². The second-order valence-corrected chi connectivity index (χ2v) is 9.28. The molecule has 0 aromatic heterocycles. The highest BCUT2D eigenvalue weighted by molar-refractivity contribution is 8.45. The molecule has 1 saturated carbocycles. The van der Waals surface area contributed by atoms with Gasteiger partial charge in [-0.15, -0.1) is 0 Å². The van der Waals surface area contributed by atoms with E-state index in [-0.39, 0.29) is 36.1 Å². The maximum Gasteiger partial charge on any atom is 0.334 e. The molecular weight excluding hydrogens is 439 g/mol. The first-order valence-corrected chi connectivity index (χ1v) is 10.6. The first-order valence-electron chi connectivity index (χ1n) is 8.66. The number of esters is 2. The van der Waals surface area contributed by atoms with Crippen molar-refractivity contribution < 1.29 is 48.4 Å². The van der Waals surface area contributed by atoms with Crippen LogP contribution in [0.1, 0.15) is 37.7 Å². The summed E-state index contributed by atoms with van der Waals surface area (Å²) in [5.74, 6) is -3.08. The van der Waals surface area contributed by atoms with Crippen molar-refractivity contribution in [3.05, 3.63) is 42.0 Å². The molecule has 12 heteroatoms. The van der Waals surface area contributed by atoms with E-state index >= 15 is 0 Å². The van der Waals surface area contributed by atoms with Crippen LogP contribution in [0.25, 0.3) is 0 Å². The SMILES string of the molecule is C=C(CC(=O)OC1(c2ccc(S(F)(F)(F)(F)F)cc2)CCC1)C(=O)OCCC(=O)O. The number of carboxylic acid groups (broad SMARTS) is 1. The van der Waals surface area contributed by atoms with Crippen LogP contribution in [0.15, 0.2) is 41.3 Å². The molecule has 1 aliphatic rings. The lowest BCUT2D eigenvalue weighted by Crippen LogP contribution is -2.39. The van der Waals surface area contributed by atoms with Gasteiger partial charge in [-0.05, 0) is 37.0 Å². The third-order valence-corrected chi connectivity index (χ3v) is 5.65. The molecule has 0 radical (unpaired) electrons. The molecule has 0 heterocycles. The minimum Gasteiger partial charge on any atom is -0.481 e. The number of carbonyl (C=O) groups is 3. The Morgan fingerprint density at radius 1 is 1.07 bits per heavy atom. The molecule has 1 fully saturated rings. The number of halogens is 5. The highest BCUT2D eigenvalue weighted by Gasteiger charge is 2.65. The Morgan fingerprint density at radius 2 is 1.63 bits per heavy atom. The Morgan fingerprint density at radius 3 is 2.07 bits per heavy atom. The van der Waals surface area contributed by atoms with Gasteiger partial charge in [-0.3, -0.25) is 9.59 Å². The van der Waals surface area contributed by atoms with Crippen LogP contribution in [0, 0.1) is 0 Å². The fraction of sp³-hybridized carbons (Fsp3) is 0.389. The molecule has 0 atom stereocenters. The summed E-state index contributed by atoms with van der Waals surface area (Å²) in [6, 6.07) is 2.19. The van der Waals surface area contributed by atoms with Crippen molar-refractivity contribution in [3.8, 4) is 0 Å². The molecule has 0 bridgehead atoms. The van der Waals surface area contributed by atoms with Crippen LogP contribution < -0.4 is 0 Å². The molecule has 1 N–H and O–H groups in total. The number of carboxylic acids is 1. The van der Waals surface area contributed by atoms with Crippen LogP contribution in [-0.4, -0.2) is 29.6 Å². The van der Waals surface area contributed by atoms with E-state index in [4.69, 9.17) is 9.84 Å². The highest BCUT2D eigenvalue weighted by atomic mass is 32.5. The van der Waals surface area contributed by atoms with Gasteiger partial charge in [-0.25, -0.2) is 4.79 Å². The predicted molar refractivity (Wildman–Crippen MR) is 96.4 cm³/mol. The summed E-state index contributed by atoms with van der Waals surface area (Å²) in [5.41, 5.74) is -1.44. The number of benzene rings is 1. The number of aliphatic carboxylic acids is 1. The van der Waals surface area contributed by atoms with Crippen LogP contribution in [0.5, 0.6) is 0 Å². The van der Waals surface area contributed by atoms with Crippen molar-refractivity contribution in [2.75, 3.05) is 6.61 Å². The van der Waals surface area contributed by atoms with E-state index < -0.39 is 58.1 Å². The van der Waals surface area contributed by atoms with Gasteiger partial charge in [0.05, 0.1) is 12.8 Å². The van der Waals surface area contributed by atoms with Gasteiger partial charge < -0.3 is 14.6 Å². The number of carbonyl (C=O) groups excluding carboxylic acids is 2. The Labute approximate surface area is 168 Å². The number of hydrogen-bond acceptors (Lipinski definition) is 5. The van der Waals surface area contributed by atoms with Crippen LogP contribution in [0.2, 0.25) is 0 Å². The lowest BCUT2D eigenvalue weighted by molar-refractivity contribution is -0.171. The average Bonchev–Trinajstić information content (AvgIpc) is 2.55. The molecule has 0 saturated heterocycles. The van der Waals surface area contributed by atoms with Gasteiger partial charge >= 0.3 is 28.1 Å². The third kappa shape index (κ3) is 5.94. The molecular formula is C18H19F5O6S. The van der Waals surface area contributed by atoms with Crippen molar-refractivity contribution >= 4 is 28.1 Å². The van der Waals surface area contributed by atoms with Gasteiger partial charge in [0.1, 0.15) is 17.1 Å². The lowest BCUT2D eigenvalue weighted by Gasteiger charge is -2.43. The smallest absolute Gasteiger partial charge is 0.334 e. The molecule has 1 aromatic carbocycles. The number of rotatable bonds is 9. The zero-order valence-corrected chi connectivity index (χ0v) is 16.4. The molecule has 0 spiro atoms. The van der Waals surface area contributed by atoms with Gasteiger partial charge in [-0.1, -0.05) is 38.1 Å². The molecule has 1 aromatic rings. The zero-order chi connectivity index (χ0) is 22.9. The van der Waals surface area contributed by atoms with Gasteiger partial charge in [0.25, 0.3) is 0 Å². The molecule has 6 nitrogen and oxygen atoms in total. The standard InChI is InChI=1S/C18H19F5O6S/c1-12(17(27)28-10-7-15(24)25)11-16(26)29-18(8-2-9-18)13-3-5-14(6-4-13)30(19,20,21,22)23/h3-6H,1-2,7-11H2,(H,24,25). The van der Waals surface area contributed by atoms with Crippen molar-refractivity contribution in [3.63, 3.8) is 0 Å². The van der Waals surface area contributed by atoms with Crippen molar-refractivity contribution in [2.45, 2.75) is 42.6 Å². The average molecular weight is 458 g/mol. The maximum atomic E-state index is 12.9. The summed E-state index contributed by atoms with van der Waals surface area (Å²) in [4.78, 5) is 32.2. The number of hydrogen-bond donors (Lipinski definition) is 1. The second-order valence-electron chi connectivity index (χ2n) is 6.88. The summed E-state index contributed by atoms with van der Waals surface area (Å²) in [7, 11) is -9.81. The Balaban J connectivity index is 2.04. The van der Waals surface area contributed by atoms with E-state index in [9.17, 15) is 33.8 Å². The summed E-state index contributed by atoms with van der Waals surface area (Å²) in [6.45, 7) is 2.95. The molecule has 0 amide bonds. The first kappa shape index (κ1) is 23.6. The molecule has 30 heavy (non-hydrogen) atoms. The third-order valence-electron chi connectivity index (χ3n) is 4.49. The van der Waals surface area contributed by atoms with E-state index in [1.54, 1.807) is 0 Å². The Bertz CT molecular complexity index is 875. The van der Waals surface area contributed by atoms with Crippen LogP contribution in [-0.2, 0) is 29.5 Å². The highest BCUT2D eigenvalue weighted by Crippen LogP contribution is 3.02. The fourth-order valence-corrected chi connectivity index (χ4v) is 3.45. The van der Waals surface area contributed by atoms with Crippen molar-refractivity contribution in [1.29, 1.82) is 0 Å². The minimum atomic E-state index is -9.81. The van der Waals surface area contributed by atoms with Crippen molar-refractivity contribution in [1.82, 2.24) is 0 Å². The second kappa shape index (κ2) is 7.25. The van der Waals surface area contributed by atoms with Crippen molar-refractivity contribution in [2.24, 2.45) is 0 Å². The van der Waals surface area contributed by atoms with E-state index in [0.717, 1.165) is 12.1 Å². The lowest BCUT2D eigenvalue weighted by atomic mass is 9.75. The number of ether oxygens (including phenoxy) is 2. The van der Waals surface area contributed by atoms with Crippen LogP contribution in [0.4, 0.5) is 19.4 Å². The Hall–Kier alpha value is -2.63. The molecule has 0 unspecified atom stereocenters. The topological polar surface area (TPSA) is 89.9 Å². The van der Waals surface area contributed by atoms with E-state index in [0.29, 0.717) is 6.42 Å². The fourth-order valence-electron chi connectivity index (χ4n) is 2.80. The van der Waals surface area contributed by atoms with Gasteiger partial charge in [-0.2, -0.15) is 0 Å². The summed E-state index contributed by atoms with van der Waals surface area (Å²) < 4.78 is 74.3. The minimum absolute atomic E-state index is 0.127. The summed E-state index contributed by atoms with van der Waals surface area (Å²) >= 11 is 0. The summed E-state index contributed by atoms with van der Waals surface area (Å²) in [5, 5.41) is 8.48. The summed E-state index contributed by atoms with van der Waals surface area (Å²) in [6.07, 6.45) is 0.113. The molecule has 1 aliphatic carbocycles. The molecule has 0 aliphatic heterocycles. The van der Waals surface area contributed by atoms with Gasteiger partial charge in [0, 0.05) is 5.57 Å². The normalized spacial score (nSPS) is 17.6. The molecule has 2 rings (SSSR count). The van der Waals surface area contributed by atoms with E-state index in [1.165, 1.54) is 0 Å². The Kier molecular flexibility index (Phi) is 5.72. The molecule has 168 valence electrons. The van der Waals surface area contributed by atoms with Gasteiger partial charge in [0.15, 0.2) is 0 Å². The quantitative estimate of drug-likeness (QED) is 0.310. The predicted octanol–water partition coefficient (Wildman–Crippen LogP) is 5.23. The van der Waals surface area contributed by atoms with Crippen LogP contribution in [0.3, 0.4) is 0 Å².